The third kappa shape index (κ3) is 4.26. The van der Waals surface area contributed by atoms with Crippen LogP contribution in [0.25, 0.3) is 0 Å². The molecule has 0 aliphatic heterocycles. The van der Waals surface area contributed by atoms with Gasteiger partial charge in [-0.05, 0) is 12.8 Å². The third-order valence-electron chi connectivity index (χ3n) is 2.64. The molecule has 0 saturated heterocycles. The van der Waals surface area contributed by atoms with Gasteiger partial charge in [-0.1, -0.05) is 32.0 Å². The van der Waals surface area contributed by atoms with Crippen LogP contribution in [0.1, 0.15) is 33.1 Å². The van der Waals surface area contributed by atoms with E-state index < -0.39 is 0 Å². The number of H-pyrrole nitrogens is 1. The average molecular weight is 240 g/mol. The molecule has 90 valence electrons. The van der Waals surface area contributed by atoms with Gasteiger partial charge in [0.2, 0.25) is 0 Å². The Morgan fingerprint density at radius 3 is 2.88 bits per heavy atom. The van der Waals surface area contributed by atoms with Crippen LogP contribution in [0.5, 0.6) is 0 Å². The highest BCUT2D eigenvalue weighted by Gasteiger charge is 2.20. The van der Waals surface area contributed by atoms with Gasteiger partial charge in [-0.3, -0.25) is 5.41 Å². The summed E-state index contributed by atoms with van der Waals surface area (Å²) in [7, 11) is 0. The lowest BCUT2D eigenvalue weighted by Crippen LogP contribution is -2.30. The molecule has 0 aliphatic rings. The molecular weight excluding hydrogens is 220 g/mol. The van der Waals surface area contributed by atoms with Crippen LogP contribution >= 0.6 is 11.8 Å². The van der Waals surface area contributed by atoms with E-state index in [4.69, 9.17) is 11.1 Å². The van der Waals surface area contributed by atoms with Crippen LogP contribution in [0.15, 0.2) is 17.6 Å². The summed E-state index contributed by atoms with van der Waals surface area (Å²) in [4.78, 5) is 7.20. The standard InChI is InChI=1S/C11H20N4S/c1-11(2,9(12)13)5-3-4-8-16-10-14-6-7-15-10/h6-7H,3-5,8H2,1-2H3,(H3,12,13)(H,14,15). The first kappa shape index (κ1) is 13.1. The van der Waals surface area contributed by atoms with Crippen molar-refractivity contribution in [2.24, 2.45) is 11.1 Å². The van der Waals surface area contributed by atoms with E-state index in [0.717, 1.165) is 30.2 Å². The SMILES string of the molecule is CC(C)(CCCCSc1ncc[nH]1)C(=N)N. The zero-order valence-electron chi connectivity index (χ0n) is 9.92. The summed E-state index contributed by atoms with van der Waals surface area (Å²) in [5.74, 6) is 1.34. The Hall–Kier alpha value is -0.970. The molecule has 1 rings (SSSR count). The van der Waals surface area contributed by atoms with E-state index in [1.165, 1.54) is 0 Å². The monoisotopic (exact) mass is 240 g/mol. The fraction of sp³-hybridized carbons (Fsp3) is 0.636. The molecule has 0 amide bonds. The molecular formula is C11H20N4S. The van der Waals surface area contributed by atoms with E-state index >= 15 is 0 Å². The van der Waals surface area contributed by atoms with E-state index in [-0.39, 0.29) is 11.3 Å². The molecule has 1 heterocycles. The number of aromatic nitrogens is 2. The summed E-state index contributed by atoms with van der Waals surface area (Å²) < 4.78 is 0. The zero-order valence-corrected chi connectivity index (χ0v) is 10.7. The van der Waals surface area contributed by atoms with Crippen LogP contribution in [-0.2, 0) is 0 Å². The maximum Gasteiger partial charge on any atom is 0.165 e. The number of nitrogens with zero attached hydrogens (tertiary/aromatic N) is 1. The van der Waals surface area contributed by atoms with Crippen LogP contribution in [0.4, 0.5) is 0 Å². The Bertz CT molecular complexity index is 319. The lowest BCUT2D eigenvalue weighted by Gasteiger charge is -2.22. The highest BCUT2D eigenvalue weighted by atomic mass is 32.2. The summed E-state index contributed by atoms with van der Waals surface area (Å²) >= 11 is 1.73. The maximum absolute atomic E-state index is 7.45. The van der Waals surface area contributed by atoms with Crippen molar-refractivity contribution in [3.63, 3.8) is 0 Å². The van der Waals surface area contributed by atoms with E-state index in [2.05, 4.69) is 9.97 Å². The zero-order chi connectivity index (χ0) is 12.0. The molecule has 0 saturated carbocycles. The third-order valence-corrected chi connectivity index (χ3v) is 3.63. The topological polar surface area (TPSA) is 78.5 Å². The van der Waals surface area contributed by atoms with Crippen molar-refractivity contribution in [2.75, 3.05) is 5.75 Å². The van der Waals surface area contributed by atoms with Crippen LogP contribution in [0.2, 0.25) is 0 Å². The number of imidazole rings is 1. The normalized spacial score (nSPS) is 11.6. The molecule has 0 radical (unpaired) electrons. The molecule has 5 heteroatoms. The van der Waals surface area contributed by atoms with E-state index in [1.807, 2.05) is 20.0 Å². The van der Waals surface area contributed by atoms with E-state index in [1.54, 1.807) is 18.0 Å². The largest absolute Gasteiger partial charge is 0.387 e. The molecule has 4 N–H and O–H groups in total. The summed E-state index contributed by atoms with van der Waals surface area (Å²) in [5.41, 5.74) is 5.37. The number of hydrogen-bond donors (Lipinski definition) is 3. The van der Waals surface area contributed by atoms with Crippen LogP contribution in [0.3, 0.4) is 0 Å². The summed E-state index contributed by atoms with van der Waals surface area (Å²) in [6.07, 6.45) is 6.80. The van der Waals surface area contributed by atoms with Crippen molar-refractivity contribution in [3.05, 3.63) is 12.4 Å². The molecule has 0 aromatic carbocycles. The van der Waals surface area contributed by atoms with E-state index in [9.17, 15) is 0 Å². The van der Waals surface area contributed by atoms with Crippen molar-refractivity contribution in [3.8, 4) is 0 Å². The van der Waals surface area contributed by atoms with Gasteiger partial charge in [-0.2, -0.15) is 0 Å². The van der Waals surface area contributed by atoms with Crippen molar-refractivity contribution >= 4 is 17.6 Å². The van der Waals surface area contributed by atoms with Crippen molar-refractivity contribution in [1.29, 1.82) is 5.41 Å². The smallest absolute Gasteiger partial charge is 0.165 e. The van der Waals surface area contributed by atoms with Gasteiger partial charge in [0, 0.05) is 23.6 Å². The van der Waals surface area contributed by atoms with Gasteiger partial charge < -0.3 is 10.7 Å². The average Bonchev–Trinajstić information content (AvgIpc) is 2.69. The number of amidine groups is 1. The van der Waals surface area contributed by atoms with E-state index in [0.29, 0.717) is 0 Å². The lowest BCUT2D eigenvalue weighted by atomic mass is 9.86. The van der Waals surface area contributed by atoms with Crippen molar-refractivity contribution < 1.29 is 0 Å². The number of nitrogens with one attached hydrogen (secondary N) is 2. The minimum Gasteiger partial charge on any atom is -0.387 e. The first-order valence-corrected chi connectivity index (χ1v) is 6.47. The predicted molar refractivity (Wildman–Crippen MR) is 68.9 cm³/mol. The van der Waals surface area contributed by atoms with Crippen LogP contribution in [0, 0.1) is 10.8 Å². The molecule has 0 unspecified atom stereocenters. The lowest BCUT2D eigenvalue weighted by molar-refractivity contribution is 0.448. The molecule has 0 spiro atoms. The number of hydrogen-bond acceptors (Lipinski definition) is 3. The Labute approximate surface area is 101 Å². The summed E-state index contributed by atoms with van der Waals surface area (Å²) in [6, 6.07) is 0. The van der Waals surface area contributed by atoms with Crippen molar-refractivity contribution in [1.82, 2.24) is 9.97 Å². The molecule has 16 heavy (non-hydrogen) atoms. The minimum absolute atomic E-state index is 0.157. The van der Waals surface area contributed by atoms with Gasteiger partial charge in [-0.15, -0.1) is 0 Å². The number of nitrogens with two attached hydrogens (primary N) is 1. The molecule has 0 aliphatic carbocycles. The summed E-state index contributed by atoms with van der Waals surface area (Å²) in [5, 5.41) is 8.43. The van der Waals surface area contributed by atoms with Crippen molar-refractivity contribution in [2.45, 2.75) is 38.3 Å². The fourth-order valence-electron chi connectivity index (χ4n) is 1.30. The molecule has 0 atom stereocenters. The van der Waals surface area contributed by atoms with Gasteiger partial charge in [0.25, 0.3) is 0 Å². The first-order chi connectivity index (χ1) is 7.52. The highest BCUT2D eigenvalue weighted by molar-refractivity contribution is 7.99. The Morgan fingerprint density at radius 2 is 2.31 bits per heavy atom. The second-order valence-electron chi connectivity index (χ2n) is 4.50. The van der Waals surface area contributed by atoms with Gasteiger partial charge in [0.05, 0.1) is 5.84 Å². The van der Waals surface area contributed by atoms with Gasteiger partial charge >= 0.3 is 0 Å². The number of unbranched alkanes of at least 4 members (excludes halogenated alkanes) is 1. The van der Waals surface area contributed by atoms with Gasteiger partial charge in [0.1, 0.15) is 0 Å². The second-order valence-corrected chi connectivity index (χ2v) is 5.58. The minimum atomic E-state index is -0.157. The Balaban J connectivity index is 2.10. The first-order valence-electron chi connectivity index (χ1n) is 5.49. The number of rotatable bonds is 7. The van der Waals surface area contributed by atoms with Gasteiger partial charge in [0.15, 0.2) is 5.16 Å². The van der Waals surface area contributed by atoms with Crippen LogP contribution < -0.4 is 5.73 Å². The molecule has 1 aromatic rings. The maximum atomic E-state index is 7.45. The Kier molecular flexibility index (Phi) is 4.86. The molecule has 4 nitrogen and oxygen atoms in total. The van der Waals surface area contributed by atoms with Crippen LogP contribution in [-0.4, -0.2) is 21.6 Å². The molecule has 0 bridgehead atoms. The molecule has 1 aromatic heterocycles. The summed E-state index contributed by atoms with van der Waals surface area (Å²) in [6.45, 7) is 4.05. The second kappa shape index (κ2) is 5.94. The predicted octanol–water partition coefficient (Wildman–Crippen LogP) is 2.63. The van der Waals surface area contributed by atoms with Gasteiger partial charge in [-0.25, -0.2) is 4.98 Å². The highest BCUT2D eigenvalue weighted by Crippen LogP contribution is 2.24. The quantitative estimate of drug-likeness (QED) is 0.297. The number of aromatic amines is 1. The number of thioether (sulfide) groups is 1. The fourth-order valence-corrected chi connectivity index (χ4v) is 2.13. The molecule has 0 fully saturated rings. The Morgan fingerprint density at radius 1 is 1.56 bits per heavy atom.